The third-order valence-corrected chi connectivity index (χ3v) is 6.22. The van der Waals surface area contributed by atoms with Gasteiger partial charge in [-0.25, -0.2) is 4.79 Å². The highest BCUT2D eigenvalue weighted by Gasteiger charge is 2.43. The molecule has 1 aromatic carbocycles. The van der Waals surface area contributed by atoms with Crippen LogP contribution in [-0.4, -0.2) is 45.8 Å². The lowest BCUT2D eigenvalue weighted by Gasteiger charge is -2.25. The Morgan fingerprint density at radius 3 is 2.22 bits per heavy atom. The molecule has 2 heterocycles. The van der Waals surface area contributed by atoms with Crippen LogP contribution in [0.15, 0.2) is 36.4 Å². The maximum absolute atomic E-state index is 12.3. The lowest BCUT2D eigenvalue weighted by atomic mass is 9.99. The molecule has 32 heavy (non-hydrogen) atoms. The van der Waals surface area contributed by atoms with Crippen molar-refractivity contribution in [2.75, 3.05) is 18.4 Å². The molecule has 0 radical (unpaired) electrons. The number of likely N-dealkylation sites (tertiary alicyclic amines) is 1. The van der Waals surface area contributed by atoms with E-state index in [9.17, 15) is 9.59 Å². The van der Waals surface area contributed by atoms with Gasteiger partial charge in [-0.3, -0.25) is 4.79 Å². The summed E-state index contributed by atoms with van der Waals surface area (Å²) in [6.07, 6.45) is 2.99. The second-order valence-corrected chi connectivity index (χ2v) is 10.1. The highest BCUT2D eigenvalue weighted by atomic mass is 16.6. The summed E-state index contributed by atoms with van der Waals surface area (Å²) in [6, 6.07) is 11.7. The maximum atomic E-state index is 12.3. The summed E-state index contributed by atoms with van der Waals surface area (Å²) in [7, 11) is 0. The molecule has 1 saturated carbocycles. The van der Waals surface area contributed by atoms with Crippen LogP contribution in [0.1, 0.15) is 46.2 Å². The standard InChI is InChI=1S/C25H32N4O3/c1-16(30)26-21-7-5-18(6-8-21)23-10-9-22(27-28-23)13-17-11-19-14-29(15-20(19)12-17)24(31)32-25(2,3)4/h5-10,17,19-20H,11-15H2,1-4H3,(H,26,30)/t17?,19-,20+. The van der Waals surface area contributed by atoms with Crippen LogP contribution in [0.4, 0.5) is 10.5 Å². The molecular formula is C25H32N4O3. The molecule has 1 aliphatic heterocycles. The third kappa shape index (κ3) is 5.44. The fraction of sp³-hybridized carbons (Fsp3) is 0.520. The van der Waals surface area contributed by atoms with Gasteiger partial charge >= 0.3 is 6.09 Å². The number of hydrogen-bond donors (Lipinski definition) is 1. The van der Waals surface area contributed by atoms with E-state index >= 15 is 0 Å². The third-order valence-electron chi connectivity index (χ3n) is 6.22. The number of hydrogen-bond acceptors (Lipinski definition) is 5. The molecule has 2 aliphatic rings. The molecule has 7 nitrogen and oxygen atoms in total. The Kier molecular flexibility index (Phi) is 6.17. The molecule has 1 aromatic heterocycles. The van der Waals surface area contributed by atoms with Gasteiger partial charge in [-0.2, -0.15) is 10.2 Å². The summed E-state index contributed by atoms with van der Waals surface area (Å²) in [5.41, 5.74) is 3.12. The fourth-order valence-electron chi connectivity index (χ4n) is 4.91. The van der Waals surface area contributed by atoms with Crippen LogP contribution in [0.2, 0.25) is 0 Å². The number of amides is 2. The summed E-state index contributed by atoms with van der Waals surface area (Å²) in [5.74, 6) is 1.61. The Balaban J connectivity index is 1.29. The number of carbonyl (C=O) groups is 2. The van der Waals surface area contributed by atoms with Gasteiger partial charge in [-0.1, -0.05) is 12.1 Å². The van der Waals surface area contributed by atoms with Crippen molar-refractivity contribution < 1.29 is 14.3 Å². The number of carbonyl (C=O) groups excluding carboxylic acids is 2. The molecule has 2 amide bonds. The first-order valence-corrected chi connectivity index (χ1v) is 11.3. The van der Waals surface area contributed by atoms with Crippen LogP contribution < -0.4 is 5.32 Å². The number of nitrogens with one attached hydrogen (secondary N) is 1. The zero-order valence-corrected chi connectivity index (χ0v) is 19.3. The Hall–Kier alpha value is -2.96. The summed E-state index contributed by atoms with van der Waals surface area (Å²) < 4.78 is 5.53. The quantitative estimate of drug-likeness (QED) is 0.761. The van der Waals surface area contributed by atoms with Crippen LogP contribution in [0.25, 0.3) is 11.3 Å². The van der Waals surface area contributed by atoms with Gasteiger partial charge in [0.05, 0.1) is 11.4 Å². The predicted octanol–water partition coefficient (Wildman–Crippen LogP) is 4.54. The van der Waals surface area contributed by atoms with Crippen molar-refractivity contribution in [3.63, 3.8) is 0 Å². The van der Waals surface area contributed by atoms with Gasteiger partial charge in [0.2, 0.25) is 5.91 Å². The van der Waals surface area contributed by atoms with E-state index in [1.807, 2.05) is 56.0 Å². The summed E-state index contributed by atoms with van der Waals surface area (Å²) in [4.78, 5) is 25.4. The highest BCUT2D eigenvalue weighted by molar-refractivity contribution is 5.88. The minimum absolute atomic E-state index is 0.0875. The topological polar surface area (TPSA) is 84.4 Å². The monoisotopic (exact) mass is 436 g/mol. The zero-order valence-electron chi connectivity index (χ0n) is 19.3. The second kappa shape index (κ2) is 8.88. The fourth-order valence-corrected chi connectivity index (χ4v) is 4.91. The van der Waals surface area contributed by atoms with Gasteiger partial charge in [-0.05, 0) is 82.1 Å². The number of ether oxygens (including phenoxy) is 1. The maximum Gasteiger partial charge on any atom is 0.410 e. The first-order valence-electron chi connectivity index (χ1n) is 11.3. The summed E-state index contributed by atoms with van der Waals surface area (Å²) in [5, 5.41) is 11.6. The number of benzene rings is 1. The molecule has 0 bridgehead atoms. The molecule has 2 fully saturated rings. The summed E-state index contributed by atoms with van der Waals surface area (Å²) in [6.45, 7) is 8.82. The van der Waals surface area contributed by atoms with Crippen LogP contribution in [0, 0.1) is 17.8 Å². The van der Waals surface area contributed by atoms with E-state index in [-0.39, 0.29) is 12.0 Å². The van der Waals surface area contributed by atoms with Crippen LogP contribution in [-0.2, 0) is 16.0 Å². The second-order valence-electron chi connectivity index (χ2n) is 10.1. The van der Waals surface area contributed by atoms with Gasteiger partial charge < -0.3 is 15.0 Å². The molecule has 1 unspecified atom stereocenters. The van der Waals surface area contributed by atoms with Gasteiger partial charge in [-0.15, -0.1) is 0 Å². The van der Waals surface area contributed by atoms with E-state index in [2.05, 4.69) is 21.6 Å². The Labute approximate surface area is 189 Å². The minimum Gasteiger partial charge on any atom is -0.444 e. The van der Waals surface area contributed by atoms with Gasteiger partial charge in [0.1, 0.15) is 5.60 Å². The molecule has 4 rings (SSSR count). The number of rotatable bonds is 4. The van der Waals surface area contributed by atoms with Crippen LogP contribution in [0.3, 0.4) is 0 Å². The number of fused-ring (bicyclic) bond motifs is 1. The molecule has 3 atom stereocenters. The SMILES string of the molecule is CC(=O)Nc1ccc(-c2ccc(CC3C[C@@H]4CN(C(=O)OC(C)(C)C)C[C@@H]4C3)nn2)cc1. The molecule has 0 spiro atoms. The molecule has 1 saturated heterocycles. The van der Waals surface area contributed by atoms with Gasteiger partial charge in [0.15, 0.2) is 0 Å². The predicted molar refractivity (Wildman–Crippen MR) is 123 cm³/mol. The number of anilines is 1. The van der Waals surface area contributed by atoms with Crippen molar-refractivity contribution >= 4 is 17.7 Å². The Morgan fingerprint density at radius 1 is 1.03 bits per heavy atom. The largest absolute Gasteiger partial charge is 0.444 e. The van der Waals surface area contributed by atoms with E-state index in [1.165, 1.54) is 6.92 Å². The average Bonchev–Trinajstić information content (AvgIpc) is 3.26. The highest BCUT2D eigenvalue weighted by Crippen LogP contribution is 2.43. The molecule has 7 heteroatoms. The van der Waals surface area contributed by atoms with Crippen LogP contribution >= 0.6 is 0 Å². The van der Waals surface area contributed by atoms with E-state index in [0.29, 0.717) is 17.8 Å². The van der Waals surface area contributed by atoms with Gasteiger partial charge in [0, 0.05) is 31.3 Å². The van der Waals surface area contributed by atoms with E-state index in [1.54, 1.807) is 0 Å². The van der Waals surface area contributed by atoms with Crippen LogP contribution in [0.5, 0.6) is 0 Å². The lowest BCUT2D eigenvalue weighted by molar-refractivity contribution is -0.114. The van der Waals surface area contributed by atoms with Crippen molar-refractivity contribution in [3.05, 3.63) is 42.1 Å². The van der Waals surface area contributed by atoms with E-state index in [4.69, 9.17) is 4.74 Å². The Morgan fingerprint density at radius 2 is 1.69 bits per heavy atom. The van der Waals surface area contributed by atoms with Crippen molar-refractivity contribution in [1.82, 2.24) is 15.1 Å². The Bertz CT molecular complexity index is 952. The molecule has 2 aromatic rings. The first-order chi connectivity index (χ1) is 15.2. The van der Waals surface area contributed by atoms with Crippen molar-refractivity contribution in [1.29, 1.82) is 0 Å². The molecular weight excluding hydrogens is 404 g/mol. The van der Waals surface area contributed by atoms with Crippen molar-refractivity contribution in [2.24, 2.45) is 17.8 Å². The van der Waals surface area contributed by atoms with Crippen molar-refractivity contribution in [3.8, 4) is 11.3 Å². The number of nitrogens with zero attached hydrogens (tertiary/aromatic N) is 3. The smallest absolute Gasteiger partial charge is 0.410 e. The summed E-state index contributed by atoms with van der Waals surface area (Å²) >= 11 is 0. The molecule has 1 aliphatic carbocycles. The van der Waals surface area contributed by atoms with Gasteiger partial charge in [0.25, 0.3) is 0 Å². The lowest BCUT2D eigenvalue weighted by Crippen LogP contribution is -2.36. The molecule has 1 N–H and O–H groups in total. The normalized spacial score (nSPS) is 22.5. The van der Waals surface area contributed by atoms with E-state index in [0.717, 1.165) is 55.0 Å². The van der Waals surface area contributed by atoms with Crippen molar-refractivity contribution in [2.45, 2.75) is 52.6 Å². The minimum atomic E-state index is -0.449. The first kappa shape index (κ1) is 22.2. The molecule has 170 valence electrons. The van der Waals surface area contributed by atoms with E-state index < -0.39 is 5.60 Å². The zero-order chi connectivity index (χ0) is 22.9. The average molecular weight is 437 g/mol. The number of aromatic nitrogens is 2.